The quantitative estimate of drug-likeness (QED) is 0.737. The number of nitrogens with zero attached hydrogens (tertiary/aromatic N) is 2. The maximum absolute atomic E-state index is 13.4. The molecule has 0 aliphatic carbocycles. The van der Waals surface area contributed by atoms with Crippen molar-refractivity contribution in [3.63, 3.8) is 0 Å². The maximum atomic E-state index is 13.4. The van der Waals surface area contributed by atoms with Gasteiger partial charge in [0.25, 0.3) is 0 Å². The molecule has 1 aromatic carbocycles. The average molecular weight is 380 g/mol. The zero-order chi connectivity index (χ0) is 19.6. The van der Waals surface area contributed by atoms with E-state index in [4.69, 9.17) is 4.74 Å². The van der Waals surface area contributed by atoms with Gasteiger partial charge in [0.1, 0.15) is 17.7 Å². The summed E-state index contributed by atoms with van der Waals surface area (Å²) in [6.45, 7) is 6.28. The van der Waals surface area contributed by atoms with Gasteiger partial charge in [0.05, 0.1) is 6.61 Å². The van der Waals surface area contributed by atoms with E-state index < -0.39 is 11.6 Å². The third kappa shape index (κ3) is 4.46. The highest BCUT2D eigenvalue weighted by molar-refractivity contribution is 5.79. The van der Waals surface area contributed by atoms with Crippen molar-refractivity contribution >= 4 is 11.9 Å². The molecule has 148 valence electrons. The first-order valence-electron chi connectivity index (χ1n) is 9.45. The number of benzene rings is 1. The average Bonchev–Trinajstić information content (AvgIpc) is 2.89. The van der Waals surface area contributed by atoms with Crippen LogP contribution in [-0.2, 0) is 20.9 Å². The molecule has 0 unspecified atom stereocenters. The Morgan fingerprint density at radius 2 is 1.85 bits per heavy atom. The van der Waals surface area contributed by atoms with Crippen LogP contribution in [-0.4, -0.2) is 54.0 Å². The summed E-state index contributed by atoms with van der Waals surface area (Å²) in [7, 11) is 0. The van der Waals surface area contributed by atoms with Crippen molar-refractivity contribution in [2.24, 2.45) is 5.41 Å². The number of amides is 1. The number of ether oxygens (including phenoxy) is 1. The van der Waals surface area contributed by atoms with Crippen molar-refractivity contribution in [2.75, 3.05) is 26.2 Å². The zero-order valence-corrected chi connectivity index (χ0v) is 15.8. The highest BCUT2D eigenvalue weighted by Crippen LogP contribution is 2.41. The van der Waals surface area contributed by atoms with Crippen molar-refractivity contribution in [3.05, 3.63) is 35.4 Å². The molecule has 1 spiro atoms. The molecule has 2 saturated heterocycles. The lowest BCUT2D eigenvalue weighted by Crippen LogP contribution is -2.48. The van der Waals surface area contributed by atoms with Gasteiger partial charge in [0.2, 0.25) is 5.91 Å². The van der Waals surface area contributed by atoms with Crippen molar-refractivity contribution in [1.29, 1.82) is 0 Å². The SMILES string of the molecule is CCOC(=O)[C@H](C)N1CCC2(CC1)CC(=O)N(Cc1cc(F)cc(F)c1)C2. The van der Waals surface area contributed by atoms with Crippen molar-refractivity contribution in [3.8, 4) is 0 Å². The van der Waals surface area contributed by atoms with E-state index >= 15 is 0 Å². The standard InChI is InChI=1S/C20H26F2N2O3/c1-3-27-19(26)14(2)23-6-4-20(5-7-23)11-18(25)24(13-20)12-15-8-16(21)10-17(22)9-15/h8-10,14H,3-7,11-13H2,1-2H3/t14-/m0/s1. The van der Waals surface area contributed by atoms with Crippen LogP contribution in [0.15, 0.2) is 18.2 Å². The van der Waals surface area contributed by atoms with E-state index in [9.17, 15) is 18.4 Å². The molecule has 3 rings (SSSR count). The third-order valence-corrected chi connectivity index (χ3v) is 5.74. The Morgan fingerprint density at radius 1 is 1.22 bits per heavy atom. The van der Waals surface area contributed by atoms with E-state index in [1.54, 1.807) is 11.8 Å². The second-order valence-electron chi connectivity index (χ2n) is 7.67. The summed E-state index contributed by atoms with van der Waals surface area (Å²) in [5.74, 6) is -1.46. The van der Waals surface area contributed by atoms with E-state index in [1.807, 2.05) is 6.92 Å². The van der Waals surface area contributed by atoms with Crippen LogP contribution in [0.4, 0.5) is 8.78 Å². The topological polar surface area (TPSA) is 49.9 Å². The Morgan fingerprint density at radius 3 is 2.44 bits per heavy atom. The molecule has 5 nitrogen and oxygen atoms in total. The molecule has 1 aromatic rings. The summed E-state index contributed by atoms with van der Waals surface area (Å²) in [6.07, 6.45) is 2.08. The van der Waals surface area contributed by atoms with Crippen LogP contribution in [0, 0.1) is 17.0 Å². The first-order chi connectivity index (χ1) is 12.8. The van der Waals surface area contributed by atoms with Crippen LogP contribution in [0.25, 0.3) is 0 Å². The number of rotatable bonds is 5. The molecule has 1 atom stereocenters. The molecule has 0 saturated carbocycles. The first-order valence-corrected chi connectivity index (χ1v) is 9.45. The van der Waals surface area contributed by atoms with Gasteiger partial charge in [-0.25, -0.2) is 8.78 Å². The lowest BCUT2D eigenvalue weighted by atomic mass is 9.77. The molecule has 7 heteroatoms. The van der Waals surface area contributed by atoms with Crippen LogP contribution in [0.2, 0.25) is 0 Å². The number of hydrogen-bond acceptors (Lipinski definition) is 4. The second kappa shape index (κ2) is 7.92. The fourth-order valence-corrected chi connectivity index (χ4v) is 4.18. The summed E-state index contributed by atoms with van der Waals surface area (Å²) >= 11 is 0. The number of piperidine rings is 1. The van der Waals surface area contributed by atoms with Crippen LogP contribution in [0.1, 0.15) is 38.7 Å². The summed E-state index contributed by atoms with van der Waals surface area (Å²) in [4.78, 5) is 28.2. The molecular weight excluding hydrogens is 354 g/mol. The van der Waals surface area contributed by atoms with Gasteiger partial charge in [-0.1, -0.05) is 0 Å². The minimum atomic E-state index is -0.632. The Hall–Kier alpha value is -2.02. The number of carbonyl (C=O) groups excluding carboxylic acids is 2. The van der Waals surface area contributed by atoms with Gasteiger partial charge in [0.15, 0.2) is 0 Å². The smallest absolute Gasteiger partial charge is 0.323 e. The molecule has 0 bridgehead atoms. The maximum Gasteiger partial charge on any atom is 0.323 e. The fraction of sp³-hybridized carbons (Fsp3) is 0.600. The van der Waals surface area contributed by atoms with E-state index in [0.717, 1.165) is 32.0 Å². The molecule has 2 aliphatic rings. The number of likely N-dealkylation sites (tertiary alicyclic amines) is 2. The minimum absolute atomic E-state index is 0.0200. The molecule has 2 aliphatic heterocycles. The molecule has 2 fully saturated rings. The molecule has 0 N–H and O–H groups in total. The lowest BCUT2D eigenvalue weighted by molar-refractivity contribution is -0.149. The Bertz CT molecular complexity index is 697. The predicted octanol–water partition coefficient (Wildman–Crippen LogP) is 2.73. The molecular formula is C20H26F2N2O3. The van der Waals surface area contributed by atoms with E-state index in [1.165, 1.54) is 12.1 Å². The number of hydrogen-bond donors (Lipinski definition) is 0. The Kier molecular flexibility index (Phi) is 5.79. The number of halogens is 2. The van der Waals surface area contributed by atoms with Crippen LogP contribution >= 0.6 is 0 Å². The number of esters is 1. The van der Waals surface area contributed by atoms with Crippen LogP contribution in [0.3, 0.4) is 0 Å². The fourth-order valence-electron chi connectivity index (χ4n) is 4.18. The lowest BCUT2D eigenvalue weighted by Gasteiger charge is -2.40. The first kappa shape index (κ1) is 19.7. The number of carbonyl (C=O) groups is 2. The second-order valence-corrected chi connectivity index (χ2v) is 7.67. The Labute approximate surface area is 158 Å². The predicted molar refractivity (Wildman–Crippen MR) is 95.7 cm³/mol. The van der Waals surface area contributed by atoms with Gasteiger partial charge in [-0.05, 0) is 62.9 Å². The van der Waals surface area contributed by atoms with Gasteiger partial charge < -0.3 is 9.64 Å². The summed E-state index contributed by atoms with van der Waals surface area (Å²) in [6, 6.07) is 3.08. The van der Waals surface area contributed by atoms with Gasteiger partial charge in [-0.2, -0.15) is 0 Å². The Balaban J connectivity index is 1.60. The summed E-state index contributed by atoms with van der Waals surface area (Å²) in [5.41, 5.74) is 0.347. The third-order valence-electron chi connectivity index (χ3n) is 5.74. The highest BCUT2D eigenvalue weighted by atomic mass is 19.1. The van der Waals surface area contributed by atoms with Gasteiger partial charge in [0, 0.05) is 25.6 Å². The largest absolute Gasteiger partial charge is 0.465 e. The normalized spacial score (nSPS) is 20.9. The highest BCUT2D eigenvalue weighted by Gasteiger charge is 2.45. The van der Waals surface area contributed by atoms with Gasteiger partial charge >= 0.3 is 5.97 Å². The van der Waals surface area contributed by atoms with Crippen molar-refractivity contribution in [1.82, 2.24) is 9.80 Å². The summed E-state index contributed by atoms with van der Waals surface area (Å²) < 4.78 is 31.9. The van der Waals surface area contributed by atoms with E-state index in [0.29, 0.717) is 25.1 Å². The zero-order valence-electron chi connectivity index (χ0n) is 15.8. The molecule has 1 amide bonds. The van der Waals surface area contributed by atoms with Gasteiger partial charge in [-0.15, -0.1) is 0 Å². The van der Waals surface area contributed by atoms with E-state index in [-0.39, 0.29) is 29.9 Å². The molecule has 0 radical (unpaired) electrons. The molecule has 27 heavy (non-hydrogen) atoms. The monoisotopic (exact) mass is 380 g/mol. The van der Waals surface area contributed by atoms with Crippen molar-refractivity contribution in [2.45, 2.75) is 45.7 Å². The van der Waals surface area contributed by atoms with Crippen LogP contribution < -0.4 is 0 Å². The molecule has 2 heterocycles. The summed E-state index contributed by atoms with van der Waals surface area (Å²) in [5, 5.41) is 0. The van der Waals surface area contributed by atoms with E-state index in [2.05, 4.69) is 4.90 Å². The van der Waals surface area contributed by atoms with Crippen LogP contribution in [0.5, 0.6) is 0 Å². The van der Waals surface area contributed by atoms with Gasteiger partial charge in [-0.3, -0.25) is 14.5 Å². The van der Waals surface area contributed by atoms with Crippen molar-refractivity contribution < 1.29 is 23.1 Å². The molecule has 0 aromatic heterocycles. The minimum Gasteiger partial charge on any atom is -0.465 e.